The highest BCUT2D eigenvalue weighted by atomic mass is 16.4. The van der Waals surface area contributed by atoms with Crippen molar-refractivity contribution in [3.63, 3.8) is 0 Å². The molecular formula is C10H17N3O6. The molecule has 19 heavy (non-hydrogen) atoms. The maximum atomic E-state index is 11.4. The Morgan fingerprint density at radius 1 is 1.21 bits per heavy atom. The summed E-state index contributed by atoms with van der Waals surface area (Å²) in [6, 6.07) is -2.09. The molecule has 2 atom stereocenters. The molecule has 0 unspecified atom stereocenters. The molecule has 2 amide bonds. The summed E-state index contributed by atoms with van der Waals surface area (Å²) in [6.07, 6.45) is -0.300. The van der Waals surface area contributed by atoms with Gasteiger partial charge >= 0.3 is 11.9 Å². The Morgan fingerprint density at radius 3 is 2.26 bits per heavy atom. The third-order valence-electron chi connectivity index (χ3n) is 2.18. The highest BCUT2D eigenvalue weighted by Gasteiger charge is 2.17. The number of aliphatic carboxylic acids is 2. The molecule has 0 saturated heterocycles. The lowest BCUT2D eigenvalue weighted by Crippen LogP contribution is -2.47. The fraction of sp³-hybridized carbons (Fsp3) is 0.600. The van der Waals surface area contributed by atoms with Crippen molar-refractivity contribution in [3.05, 3.63) is 0 Å². The third kappa shape index (κ3) is 7.71. The van der Waals surface area contributed by atoms with Gasteiger partial charge in [0.2, 0.25) is 11.8 Å². The second kappa shape index (κ2) is 8.03. The van der Waals surface area contributed by atoms with E-state index in [1.165, 1.54) is 6.92 Å². The van der Waals surface area contributed by atoms with Gasteiger partial charge in [0.05, 0.1) is 12.6 Å². The van der Waals surface area contributed by atoms with E-state index in [9.17, 15) is 19.2 Å². The van der Waals surface area contributed by atoms with E-state index < -0.39 is 42.4 Å². The van der Waals surface area contributed by atoms with Crippen LogP contribution in [0.15, 0.2) is 0 Å². The van der Waals surface area contributed by atoms with E-state index in [4.69, 9.17) is 15.9 Å². The molecule has 0 spiro atoms. The Balaban J connectivity index is 3.98. The van der Waals surface area contributed by atoms with Gasteiger partial charge in [-0.3, -0.25) is 19.2 Å². The molecule has 0 saturated carbocycles. The number of hydrogen-bond acceptors (Lipinski definition) is 5. The molecule has 108 valence electrons. The van der Waals surface area contributed by atoms with Gasteiger partial charge in [0.25, 0.3) is 0 Å². The van der Waals surface area contributed by atoms with Gasteiger partial charge in [-0.05, 0) is 13.3 Å². The number of amides is 2. The fourth-order valence-corrected chi connectivity index (χ4v) is 1.06. The van der Waals surface area contributed by atoms with Crippen LogP contribution >= 0.6 is 0 Å². The van der Waals surface area contributed by atoms with E-state index in [1.54, 1.807) is 0 Å². The molecule has 9 heteroatoms. The lowest BCUT2D eigenvalue weighted by Gasteiger charge is -2.12. The summed E-state index contributed by atoms with van der Waals surface area (Å²) in [6.45, 7) is 0.859. The summed E-state index contributed by atoms with van der Waals surface area (Å²) in [5.41, 5.74) is 5.40. The zero-order valence-corrected chi connectivity index (χ0v) is 10.4. The number of carbonyl (C=O) groups is 4. The summed E-state index contributed by atoms with van der Waals surface area (Å²) in [4.78, 5) is 43.3. The lowest BCUT2D eigenvalue weighted by atomic mass is 10.1. The molecule has 0 radical (unpaired) electrons. The summed E-state index contributed by atoms with van der Waals surface area (Å²) in [5, 5.41) is 21.3. The second-order valence-electron chi connectivity index (χ2n) is 3.88. The first-order valence-corrected chi connectivity index (χ1v) is 5.51. The number of carboxylic acid groups (broad SMARTS) is 2. The standard InChI is InChI=1S/C10H17N3O6/c1-5(10(18)19)13-7(14)4-12-9(17)6(11)2-3-8(15)16/h5-6H,2-4,11H2,1H3,(H,12,17)(H,13,14)(H,15,16)(H,18,19)/t5-,6+/m1/s1. The Bertz CT molecular complexity index is 370. The van der Waals surface area contributed by atoms with Crippen molar-refractivity contribution in [2.75, 3.05) is 6.54 Å². The molecule has 0 aliphatic rings. The van der Waals surface area contributed by atoms with Gasteiger partial charge < -0.3 is 26.6 Å². The molecule has 6 N–H and O–H groups in total. The number of carboxylic acids is 2. The minimum atomic E-state index is -1.20. The first kappa shape index (κ1) is 16.8. The van der Waals surface area contributed by atoms with Gasteiger partial charge in [-0.25, -0.2) is 0 Å². The van der Waals surface area contributed by atoms with Crippen LogP contribution < -0.4 is 16.4 Å². The summed E-state index contributed by atoms with van der Waals surface area (Å²) in [7, 11) is 0. The van der Waals surface area contributed by atoms with Gasteiger partial charge in [-0.15, -0.1) is 0 Å². The average Bonchev–Trinajstić information content (AvgIpc) is 2.32. The van der Waals surface area contributed by atoms with E-state index in [1.807, 2.05) is 0 Å². The predicted molar refractivity (Wildman–Crippen MR) is 63.1 cm³/mol. The number of hydrogen-bond donors (Lipinski definition) is 5. The molecule has 0 bridgehead atoms. The molecule has 0 fully saturated rings. The van der Waals surface area contributed by atoms with E-state index in [0.29, 0.717) is 0 Å². The molecule has 0 aromatic carbocycles. The second-order valence-corrected chi connectivity index (χ2v) is 3.88. The Hall–Kier alpha value is -2.16. The normalized spacial score (nSPS) is 13.2. The molecule has 0 aromatic rings. The van der Waals surface area contributed by atoms with Crippen molar-refractivity contribution in [1.29, 1.82) is 0 Å². The zero-order valence-electron chi connectivity index (χ0n) is 10.4. The lowest BCUT2D eigenvalue weighted by molar-refractivity contribution is -0.141. The largest absolute Gasteiger partial charge is 0.481 e. The first-order chi connectivity index (χ1) is 8.73. The molecular weight excluding hydrogens is 258 g/mol. The highest BCUT2D eigenvalue weighted by Crippen LogP contribution is 1.94. The molecule has 0 aliphatic heterocycles. The first-order valence-electron chi connectivity index (χ1n) is 5.51. The van der Waals surface area contributed by atoms with Crippen molar-refractivity contribution >= 4 is 23.8 Å². The van der Waals surface area contributed by atoms with Crippen LogP contribution in [0.3, 0.4) is 0 Å². The van der Waals surface area contributed by atoms with Gasteiger partial charge in [-0.2, -0.15) is 0 Å². The number of nitrogens with two attached hydrogens (primary N) is 1. The van der Waals surface area contributed by atoms with Crippen molar-refractivity contribution in [3.8, 4) is 0 Å². The van der Waals surface area contributed by atoms with Crippen LogP contribution in [-0.4, -0.2) is 52.6 Å². The maximum Gasteiger partial charge on any atom is 0.325 e. The monoisotopic (exact) mass is 275 g/mol. The summed E-state index contributed by atoms with van der Waals surface area (Å²) in [5.74, 6) is -3.61. The van der Waals surface area contributed by atoms with Gasteiger partial charge in [0.1, 0.15) is 6.04 Å². The van der Waals surface area contributed by atoms with Crippen LogP contribution in [-0.2, 0) is 19.2 Å². The smallest absolute Gasteiger partial charge is 0.325 e. The Morgan fingerprint density at radius 2 is 1.79 bits per heavy atom. The third-order valence-corrected chi connectivity index (χ3v) is 2.18. The van der Waals surface area contributed by atoms with Gasteiger partial charge in [-0.1, -0.05) is 0 Å². The van der Waals surface area contributed by atoms with Crippen molar-refractivity contribution in [1.82, 2.24) is 10.6 Å². The van der Waals surface area contributed by atoms with Crippen LogP contribution in [0.25, 0.3) is 0 Å². The van der Waals surface area contributed by atoms with E-state index in [0.717, 1.165) is 0 Å². The van der Waals surface area contributed by atoms with Gasteiger partial charge in [0, 0.05) is 6.42 Å². The van der Waals surface area contributed by atoms with Crippen molar-refractivity contribution in [2.45, 2.75) is 31.8 Å². The van der Waals surface area contributed by atoms with E-state index in [-0.39, 0.29) is 12.8 Å². The minimum Gasteiger partial charge on any atom is -0.481 e. The molecule has 9 nitrogen and oxygen atoms in total. The Labute approximate surface area is 109 Å². The molecule has 0 rings (SSSR count). The Kier molecular flexibility index (Phi) is 7.12. The highest BCUT2D eigenvalue weighted by molar-refractivity contribution is 5.89. The van der Waals surface area contributed by atoms with Crippen molar-refractivity contribution in [2.24, 2.45) is 5.73 Å². The van der Waals surface area contributed by atoms with E-state index >= 15 is 0 Å². The molecule has 0 heterocycles. The van der Waals surface area contributed by atoms with Gasteiger partial charge in [0.15, 0.2) is 0 Å². The van der Waals surface area contributed by atoms with Crippen LogP contribution in [0.5, 0.6) is 0 Å². The fourth-order valence-electron chi connectivity index (χ4n) is 1.06. The van der Waals surface area contributed by atoms with Crippen LogP contribution in [0.2, 0.25) is 0 Å². The zero-order chi connectivity index (χ0) is 15.0. The predicted octanol–water partition coefficient (Wildman–Crippen LogP) is -2.12. The topological polar surface area (TPSA) is 159 Å². The maximum absolute atomic E-state index is 11.4. The number of carbonyl (C=O) groups excluding carboxylic acids is 2. The minimum absolute atomic E-state index is 0.0473. The quantitative estimate of drug-likeness (QED) is 0.338. The van der Waals surface area contributed by atoms with E-state index in [2.05, 4.69) is 10.6 Å². The molecule has 0 aromatic heterocycles. The number of rotatable bonds is 8. The summed E-state index contributed by atoms with van der Waals surface area (Å²) < 4.78 is 0. The molecule has 0 aliphatic carbocycles. The SMILES string of the molecule is C[C@@H](NC(=O)CNC(=O)[C@@H](N)CCC(=O)O)C(=O)O. The summed E-state index contributed by atoms with van der Waals surface area (Å²) >= 11 is 0. The van der Waals surface area contributed by atoms with Crippen LogP contribution in [0.4, 0.5) is 0 Å². The van der Waals surface area contributed by atoms with Crippen LogP contribution in [0.1, 0.15) is 19.8 Å². The average molecular weight is 275 g/mol. The van der Waals surface area contributed by atoms with Crippen molar-refractivity contribution < 1.29 is 29.4 Å². The van der Waals surface area contributed by atoms with Crippen LogP contribution in [0, 0.1) is 0 Å². The number of nitrogens with one attached hydrogen (secondary N) is 2.